The number of aliphatic carboxylic acids is 1. The van der Waals surface area contributed by atoms with E-state index in [9.17, 15) is 14.7 Å². The Morgan fingerprint density at radius 1 is 1.20 bits per heavy atom. The van der Waals surface area contributed by atoms with Crippen molar-refractivity contribution in [2.45, 2.75) is 13.0 Å². The first-order valence-electron chi connectivity index (χ1n) is 9.14. The third kappa shape index (κ3) is 5.56. The fourth-order valence-electron chi connectivity index (χ4n) is 2.78. The van der Waals surface area contributed by atoms with Crippen molar-refractivity contribution in [3.63, 3.8) is 0 Å². The summed E-state index contributed by atoms with van der Waals surface area (Å²) < 4.78 is 7.35. The Labute approximate surface area is 176 Å². The summed E-state index contributed by atoms with van der Waals surface area (Å²) in [6.45, 7) is 0.956. The van der Waals surface area contributed by atoms with E-state index in [0.29, 0.717) is 31.2 Å². The molecular weight excluding hydrogens is 406 g/mol. The Morgan fingerprint density at radius 2 is 1.97 bits per heavy atom. The van der Waals surface area contributed by atoms with Gasteiger partial charge in [0.05, 0.1) is 17.8 Å². The molecule has 0 spiro atoms. The first kappa shape index (κ1) is 21.3. The van der Waals surface area contributed by atoms with Gasteiger partial charge in [-0.3, -0.25) is 4.57 Å². The van der Waals surface area contributed by atoms with Gasteiger partial charge >= 0.3 is 11.9 Å². The average molecular weight is 427 g/mol. The molecule has 0 aliphatic rings. The molecule has 30 heavy (non-hydrogen) atoms. The van der Waals surface area contributed by atoms with E-state index < -0.39 is 11.9 Å². The first-order valence-corrected chi connectivity index (χ1v) is 10.0. The zero-order valence-corrected chi connectivity index (χ0v) is 16.8. The summed E-state index contributed by atoms with van der Waals surface area (Å²) in [5.41, 5.74) is 7.25. The van der Waals surface area contributed by atoms with Crippen LogP contribution in [-0.2, 0) is 17.8 Å². The van der Waals surface area contributed by atoms with Crippen LogP contribution in [0.15, 0.2) is 53.5 Å². The first-order chi connectivity index (χ1) is 14.5. The maximum atomic E-state index is 11.7. The Bertz CT molecular complexity index is 1040. The molecule has 0 amide bonds. The molecule has 0 fully saturated rings. The molecule has 2 aromatic heterocycles. The number of thiophene rings is 1. The molecule has 0 aliphatic heterocycles. The largest absolute Gasteiger partial charge is 0.478 e. The molecule has 0 saturated carbocycles. The van der Waals surface area contributed by atoms with Gasteiger partial charge in [0, 0.05) is 29.6 Å². The van der Waals surface area contributed by atoms with Gasteiger partial charge in [-0.05, 0) is 35.2 Å². The molecule has 1 aromatic carbocycles. The van der Waals surface area contributed by atoms with Gasteiger partial charge in [-0.25, -0.2) is 9.59 Å². The molecule has 9 heteroatoms. The van der Waals surface area contributed by atoms with Crippen molar-refractivity contribution in [1.29, 1.82) is 0 Å². The predicted molar refractivity (Wildman–Crippen MR) is 113 cm³/mol. The van der Waals surface area contributed by atoms with E-state index >= 15 is 0 Å². The van der Waals surface area contributed by atoms with Gasteiger partial charge in [0.15, 0.2) is 0 Å². The van der Waals surface area contributed by atoms with Crippen LogP contribution in [-0.4, -0.2) is 44.9 Å². The van der Waals surface area contributed by atoms with Crippen LogP contribution < -0.4 is 10.5 Å². The minimum Gasteiger partial charge on any atom is -0.478 e. The highest BCUT2D eigenvalue weighted by Crippen LogP contribution is 2.20. The van der Waals surface area contributed by atoms with Crippen LogP contribution in [0.25, 0.3) is 6.08 Å². The van der Waals surface area contributed by atoms with E-state index in [0.717, 1.165) is 10.4 Å². The lowest BCUT2D eigenvalue weighted by Crippen LogP contribution is -2.13. The number of benzene rings is 1. The molecule has 156 valence electrons. The molecule has 0 saturated heterocycles. The molecule has 0 bridgehead atoms. The number of nitrogens with zero attached hydrogens (tertiary/aromatic N) is 2. The van der Waals surface area contributed by atoms with E-state index in [2.05, 4.69) is 4.98 Å². The SMILES string of the molecule is NCCOc1nc(/C=C(/Cc2cccs2)C(=O)O)cn1Cc1ccc(C(=O)O)cc1. The van der Waals surface area contributed by atoms with Crippen LogP contribution in [0.2, 0.25) is 0 Å². The fraction of sp³-hybridized carbons (Fsp3) is 0.190. The van der Waals surface area contributed by atoms with Crippen LogP contribution in [0.3, 0.4) is 0 Å². The second-order valence-electron chi connectivity index (χ2n) is 6.45. The lowest BCUT2D eigenvalue weighted by Gasteiger charge is -2.08. The summed E-state index contributed by atoms with van der Waals surface area (Å²) >= 11 is 1.49. The van der Waals surface area contributed by atoms with E-state index in [1.165, 1.54) is 29.5 Å². The van der Waals surface area contributed by atoms with Crippen LogP contribution in [0.1, 0.15) is 26.5 Å². The standard InChI is InChI=1S/C21H21N3O5S/c22-7-8-29-21-23-17(10-16(20(27)28)11-18-2-1-9-30-18)13-24(21)12-14-3-5-15(6-4-14)19(25)26/h1-6,9-10,13H,7-8,11-12,22H2,(H,25,26)(H,27,28)/b16-10-. The Kier molecular flexibility index (Phi) is 6.99. The van der Waals surface area contributed by atoms with Gasteiger partial charge in [-0.1, -0.05) is 18.2 Å². The Hall–Kier alpha value is -3.43. The number of carboxylic acids is 2. The summed E-state index contributed by atoms with van der Waals surface area (Å²) in [6.07, 6.45) is 3.53. The normalized spacial score (nSPS) is 11.4. The molecule has 8 nitrogen and oxygen atoms in total. The summed E-state index contributed by atoms with van der Waals surface area (Å²) in [5.74, 6) is -2.00. The predicted octanol–water partition coefficient (Wildman–Crippen LogP) is 2.74. The number of imidazole rings is 1. The number of aromatic nitrogens is 2. The van der Waals surface area contributed by atoms with Crippen molar-refractivity contribution in [2.75, 3.05) is 13.2 Å². The highest BCUT2D eigenvalue weighted by Gasteiger charge is 2.14. The number of carboxylic acid groups (broad SMARTS) is 2. The van der Waals surface area contributed by atoms with E-state index in [4.69, 9.17) is 15.6 Å². The van der Waals surface area contributed by atoms with Gasteiger partial charge in [0.2, 0.25) is 0 Å². The Morgan fingerprint density at radius 3 is 2.57 bits per heavy atom. The van der Waals surface area contributed by atoms with Crippen molar-refractivity contribution < 1.29 is 24.5 Å². The summed E-state index contributed by atoms with van der Waals surface area (Å²) in [4.78, 5) is 28.0. The second kappa shape index (κ2) is 9.86. The number of carbonyl (C=O) groups is 2. The fourth-order valence-corrected chi connectivity index (χ4v) is 3.51. The lowest BCUT2D eigenvalue weighted by atomic mass is 10.1. The summed E-state index contributed by atoms with van der Waals surface area (Å²) in [6, 6.07) is 10.6. The molecule has 0 atom stereocenters. The van der Waals surface area contributed by atoms with Gasteiger partial charge in [-0.15, -0.1) is 11.3 Å². The molecular formula is C21H21N3O5S. The molecule has 0 radical (unpaired) electrons. The molecule has 2 heterocycles. The minimum absolute atomic E-state index is 0.201. The van der Waals surface area contributed by atoms with Crippen LogP contribution in [0.4, 0.5) is 0 Å². The van der Waals surface area contributed by atoms with Gasteiger partial charge in [0.25, 0.3) is 6.01 Å². The van der Waals surface area contributed by atoms with Crippen molar-refractivity contribution in [3.05, 3.63) is 75.2 Å². The quantitative estimate of drug-likeness (QED) is 0.425. The minimum atomic E-state index is -1.01. The van der Waals surface area contributed by atoms with Gasteiger partial charge in [-0.2, -0.15) is 4.98 Å². The van der Waals surface area contributed by atoms with E-state index in [-0.39, 0.29) is 17.7 Å². The molecule has 3 rings (SSSR count). The number of rotatable bonds is 10. The maximum absolute atomic E-state index is 11.7. The van der Waals surface area contributed by atoms with Crippen LogP contribution in [0, 0.1) is 0 Å². The number of hydrogen-bond acceptors (Lipinski definition) is 6. The molecule has 0 aliphatic carbocycles. The van der Waals surface area contributed by atoms with E-state index in [1.54, 1.807) is 22.9 Å². The third-order valence-electron chi connectivity index (χ3n) is 4.20. The number of ether oxygens (including phenoxy) is 1. The average Bonchev–Trinajstić information content (AvgIpc) is 3.36. The second-order valence-corrected chi connectivity index (χ2v) is 7.48. The smallest absolute Gasteiger partial charge is 0.335 e. The van der Waals surface area contributed by atoms with Crippen molar-refractivity contribution in [3.8, 4) is 6.01 Å². The topological polar surface area (TPSA) is 128 Å². The van der Waals surface area contributed by atoms with Crippen LogP contribution in [0.5, 0.6) is 6.01 Å². The maximum Gasteiger partial charge on any atom is 0.335 e. The number of hydrogen-bond donors (Lipinski definition) is 3. The summed E-state index contributed by atoms with van der Waals surface area (Å²) in [7, 11) is 0. The van der Waals surface area contributed by atoms with E-state index in [1.807, 2.05) is 17.5 Å². The third-order valence-corrected chi connectivity index (χ3v) is 5.08. The monoisotopic (exact) mass is 427 g/mol. The highest BCUT2D eigenvalue weighted by molar-refractivity contribution is 7.09. The van der Waals surface area contributed by atoms with Crippen molar-refractivity contribution >= 4 is 29.4 Å². The van der Waals surface area contributed by atoms with Gasteiger partial charge < -0.3 is 20.7 Å². The molecule has 0 unspecified atom stereocenters. The zero-order chi connectivity index (χ0) is 21.5. The molecule has 3 aromatic rings. The molecule has 4 N–H and O–H groups in total. The lowest BCUT2D eigenvalue weighted by molar-refractivity contribution is -0.132. The number of nitrogens with two attached hydrogens (primary N) is 1. The Balaban J connectivity index is 1.87. The van der Waals surface area contributed by atoms with Crippen molar-refractivity contribution in [2.24, 2.45) is 5.73 Å². The zero-order valence-electron chi connectivity index (χ0n) is 16.0. The summed E-state index contributed by atoms with van der Waals surface area (Å²) in [5, 5.41) is 20.5. The van der Waals surface area contributed by atoms with Crippen molar-refractivity contribution in [1.82, 2.24) is 9.55 Å². The van der Waals surface area contributed by atoms with Gasteiger partial charge in [0.1, 0.15) is 6.61 Å². The van der Waals surface area contributed by atoms with Crippen LogP contribution >= 0.6 is 11.3 Å². The highest BCUT2D eigenvalue weighted by atomic mass is 32.1. The number of aromatic carboxylic acids is 1.